The lowest BCUT2D eigenvalue weighted by atomic mass is 9.99. The number of nitrogens with zero attached hydrogens (tertiary/aromatic N) is 1. The van der Waals surface area contributed by atoms with E-state index in [4.69, 9.17) is 4.74 Å². The van der Waals surface area contributed by atoms with Crippen molar-refractivity contribution < 1.29 is 17.9 Å². The highest BCUT2D eigenvalue weighted by molar-refractivity contribution is 7.89. The number of hydrogen-bond acceptors (Lipinski definition) is 4. The average Bonchev–Trinajstić information content (AvgIpc) is 2.89. The van der Waals surface area contributed by atoms with Gasteiger partial charge in [0.15, 0.2) is 0 Å². The van der Waals surface area contributed by atoms with Crippen LogP contribution in [0.3, 0.4) is 0 Å². The molecule has 35 heavy (non-hydrogen) atoms. The normalized spacial score (nSPS) is 16.5. The van der Waals surface area contributed by atoms with Crippen molar-refractivity contribution in [1.29, 1.82) is 0 Å². The Bertz CT molecular complexity index is 1180. The topological polar surface area (TPSA) is 75.7 Å². The number of anilines is 1. The number of piperidine rings is 1. The molecule has 184 valence electrons. The Hall–Kier alpha value is -3.16. The third-order valence-corrected chi connectivity index (χ3v) is 8.15. The van der Waals surface area contributed by atoms with Gasteiger partial charge >= 0.3 is 0 Å². The Kier molecular flexibility index (Phi) is 8.55. The number of nitrogens with one attached hydrogen (secondary N) is 1. The number of aryl methyl sites for hydroxylation is 1. The average molecular weight is 493 g/mol. The molecule has 1 atom stereocenters. The molecule has 6 nitrogen and oxygen atoms in total. The number of ether oxygens (including phenoxy) is 1. The molecule has 1 amide bonds. The minimum Gasteiger partial charge on any atom is -0.489 e. The van der Waals surface area contributed by atoms with Gasteiger partial charge in [-0.15, -0.1) is 0 Å². The maximum absolute atomic E-state index is 12.9. The molecule has 1 saturated heterocycles. The van der Waals surface area contributed by atoms with Crippen LogP contribution < -0.4 is 10.1 Å². The highest BCUT2D eigenvalue weighted by Gasteiger charge is 2.32. The summed E-state index contributed by atoms with van der Waals surface area (Å²) < 4.78 is 33.1. The SMILES string of the molecule is O=C(Nc1ccc(OCc2ccccc2)cc1)[C@@H]1CCCN(S(=O)(=O)CCCc2ccccc2)C1. The first-order chi connectivity index (χ1) is 17.0. The number of benzene rings is 3. The first kappa shape index (κ1) is 24.9. The van der Waals surface area contributed by atoms with Crippen LogP contribution in [0.25, 0.3) is 0 Å². The van der Waals surface area contributed by atoms with E-state index in [9.17, 15) is 13.2 Å². The van der Waals surface area contributed by atoms with Gasteiger partial charge in [-0.2, -0.15) is 0 Å². The summed E-state index contributed by atoms with van der Waals surface area (Å²) in [6.45, 7) is 1.19. The summed E-state index contributed by atoms with van der Waals surface area (Å²) >= 11 is 0. The molecule has 3 aromatic rings. The lowest BCUT2D eigenvalue weighted by Gasteiger charge is -2.31. The van der Waals surface area contributed by atoms with E-state index in [1.165, 1.54) is 4.31 Å². The van der Waals surface area contributed by atoms with Crippen LogP contribution >= 0.6 is 0 Å². The summed E-state index contributed by atoms with van der Waals surface area (Å²) in [6, 6.07) is 27.1. The molecule has 0 bridgehead atoms. The molecule has 7 heteroatoms. The number of rotatable bonds is 10. The summed E-state index contributed by atoms with van der Waals surface area (Å²) in [4.78, 5) is 12.9. The molecule has 0 spiro atoms. The molecule has 0 aliphatic carbocycles. The van der Waals surface area contributed by atoms with Crippen LogP contribution in [0.1, 0.15) is 30.4 Å². The Morgan fingerprint density at radius 2 is 1.57 bits per heavy atom. The fraction of sp³-hybridized carbons (Fsp3) is 0.321. The summed E-state index contributed by atoms with van der Waals surface area (Å²) in [7, 11) is -3.39. The molecule has 3 aromatic carbocycles. The monoisotopic (exact) mass is 492 g/mol. The zero-order valence-electron chi connectivity index (χ0n) is 19.8. The van der Waals surface area contributed by atoms with Crippen molar-refractivity contribution in [2.75, 3.05) is 24.2 Å². The largest absolute Gasteiger partial charge is 0.489 e. The quantitative estimate of drug-likeness (QED) is 0.438. The second-order valence-electron chi connectivity index (χ2n) is 8.89. The molecular weight excluding hydrogens is 460 g/mol. The highest BCUT2D eigenvalue weighted by Crippen LogP contribution is 2.23. The smallest absolute Gasteiger partial charge is 0.228 e. The first-order valence-corrected chi connectivity index (χ1v) is 13.7. The predicted molar refractivity (Wildman–Crippen MR) is 139 cm³/mol. The van der Waals surface area contributed by atoms with E-state index in [1.54, 1.807) is 12.1 Å². The number of carbonyl (C=O) groups is 1. The molecule has 0 aromatic heterocycles. The van der Waals surface area contributed by atoms with E-state index in [0.29, 0.717) is 38.1 Å². The van der Waals surface area contributed by atoms with E-state index in [2.05, 4.69) is 5.32 Å². The maximum atomic E-state index is 12.9. The molecule has 4 rings (SSSR count). The van der Waals surface area contributed by atoms with Gasteiger partial charge in [0.1, 0.15) is 12.4 Å². The minimum atomic E-state index is -3.39. The lowest BCUT2D eigenvalue weighted by Crippen LogP contribution is -2.44. The molecule has 1 aliphatic rings. The molecule has 1 heterocycles. The van der Waals surface area contributed by atoms with Crippen LogP contribution in [0.15, 0.2) is 84.9 Å². The van der Waals surface area contributed by atoms with Gasteiger partial charge < -0.3 is 10.1 Å². The summed E-state index contributed by atoms with van der Waals surface area (Å²) in [6.07, 6.45) is 2.66. The predicted octanol–water partition coefficient (Wildman–Crippen LogP) is 4.88. The van der Waals surface area contributed by atoms with Crippen molar-refractivity contribution in [3.8, 4) is 5.75 Å². The van der Waals surface area contributed by atoms with E-state index < -0.39 is 10.0 Å². The van der Waals surface area contributed by atoms with Crippen LogP contribution in [-0.2, 0) is 27.8 Å². The molecular formula is C28H32N2O4S. The number of amides is 1. The van der Waals surface area contributed by atoms with Crippen LogP contribution in [0.2, 0.25) is 0 Å². The Morgan fingerprint density at radius 3 is 2.26 bits per heavy atom. The van der Waals surface area contributed by atoms with Crippen molar-refractivity contribution in [3.05, 3.63) is 96.1 Å². The van der Waals surface area contributed by atoms with Crippen molar-refractivity contribution in [1.82, 2.24) is 4.31 Å². The molecule has 1 fully saturated rings. The van der Waals surface area contributed by atoms with Gasteiger partial charge in [-0.05, 0) is 61.1 Å². The van der Waals surface area contributed by atoms with Crippen molar-refractivity contribution >= 4 is 21.6 Å². The third-order valence-electron chi connectivity index (χ3n) is 6.23. The van der Waals surface area contributed by atoms with Crippen molar-refractivity contribution in [3.63, 3.8) is 0 Å². The molecule has 0 saturated carbocycles. The van der Waals surface area contributed by atoms with Gasteiger partial charge in [-0.25, -0.2) is 12.7 Å². The van der Waals surface area contributed by atoms with Crippen LogP contribution in [0.4, 0.5) is 5.69 Å². The van der Waals surface area contributed by atoms with Gasteiger partial charge in [-0.1, -0.05) is 60.7 Å². The van der Waals surface area contributed by atoms with E-state index >= 15 is 0 Å². The van der Waals surface area contributed by atoms with Crippen LogP contribution in [0, 0.1) is 5.92 Å². The van der Waals surface area contributed by atoms with E-state index in [0.717, 1.165) is 23.3 Å². The fourth-order valence-electron chi connectivity index (χ4n) is 4.26. The maximum Gasteiger partial charge on any atom is 0.228 e. The summed E-state index contributed by atoms with van der Waals surface area (Å²) in [5.74, 6) is 0.312. The molecule has 1 N–H and O–H groups in total. The number of sulfonamides is 1. The Balaban J connectivity index is 1.26. The fourth-order valence-corrected chi connectivity index (χ4v) is 5.84. The van der Waals surface area contributed by atoms with E-state index in [1.807, 2.05) is 72.8 Å². The standard InChI is InChI=1S/C28H32N2O4S/c31-28(29-26-15-17-27(18-16-26)34-22-24-11-5-2-6-12-24)25-14-7-19-30(21-25)35(32,33)20-8-13-23-9-3-1-4-10-23/h1-6,9-12,15-18,25H,7-8,13-14,19-22H2,(H,29,31)/t25-/m1/s1. The second-order valence-corrected chi connectivity index (χ2v) is 11.0. The zero-order chi connectivity index (χ0) is 24.5. The van der Waals surface area contributed by atoms with Crippen LogP contribution in [-0.4, -0.2) is 37.5 Å². The van der Waals surface area contributed by atoms with E-state index in [-0.39, 0.29) is 24.1 Å². The minimum absolute atomic E-state index is 0.0979. The Morgan fingerprint density at radius 1 is 0.914 bits per heavy atom. The van der Waals surface area contributed by atoms with Crippen LogP contribution in [0.5, 0.6) is 5.75 Å². The van der Waals surface area contributed by atoms with Gasteiger partial charge in [0, 0.05) is 18.8 Å². The summed E-state index contributed by atoms with van der Waals surface area (Å²) in [5.41, 5.74) is 2.89. The first-order valence-electron chi connectivity index (χ1n) is 12.1. The zero-order valence-corrected chi connectivity index (χ0v) is 20.6. The third kappa shape index (κ3) is 7.41. The molecule has 0 radical (unpaired) electrons. The second kappa shape index (κ2) is 12.0. The van der Waals surface area contributed by atoms with Gasteiger partial charge in [0.2, 0.25) is 15.9 Å². The van der Waals surface area contributed by atoms with Crippen molar-refractivity contribution in [2.24, 2.45) is 5.92 Å². The number of carbonyl (C=O) groups excluding carboxylic acids is 1. The lowest BCUT2D eigenvalue weighted by molar-refractivity contribution is -0.120. The van der Waals surface area contributed by atoms with Gasteiger partial charge in [-0.3, -0.25) is 4.79 Å². The summed E-state index contributed by atoms with van der Waals surface area (Å²) in [5, 5.41) is 2.93. The van der Waals surface area contributed by atoms with Gasteiger partial charge in [0.25, 0.3) is 0 Å². The molecule has 1 aliphatic heterocycles. The Labute approximate surface area is 208 Å². The van der Waals surface area contributed by atoms with Gasteiger partial charge in [0.05, 0.1) is 11.7 Å². The molecule has 0 unspecified atom stereocenters. The van der Waals surface area contributed by atoms with Crippen molar-refractivity contribution in [2.45, 2.75) is 32.3 Å². The highest BCUT2D eigenvalue weighted by atomic mass is 32.2. The number of hydrogen-bond donors (Lipinski definition) is 1.